The molecule has 0 saturated heterocycles. The van der Waals surface area contributed by atoms with Gasteiger partial charge < -0.3 is 5.11 Å². The van der Waals surface area contributed by atoms with E-state index in [1.165, 1.54) is 0 Å². The van der Waals surface area contributed by atoms with Gasteiger partial charge >= 0.3 is 0 Å². The normalized spacial score (nSPS) is 12.1. The molecule has 0 saturated carbocycles. The summed E-state index contributed by atoms with van der Waals surface area (Å²) in [7, 11) is 0. The predicted molar refractivity (Wildman–Crippen MR) is 66.9 cm³/mol. The summed E-state index contributed by atoms with van der Waals surface area (Å²) >= 11 is 0. The highest BCUT2D eigenvalue weighted by Crippen LogP contribution is 2.29. The highest BCUT2D eigenvalue weighted by molar-refractivity contribution is 5.31. The Morgan fingerprint density at radius 1 is 1.25 bits per heavy atom. The molecule has 0 spiro atoms. The summed E-state index contributed by atoms with van der Waals surface area (Å²) in [6.45, 7) is 10.4. The lowest BCUT2D eigenvalue weighted by Crippen LogP contribution is -2.22. The van der Waals surface area contributed by atoms with E-state index < -0.39 is 0 Å². The van der Waals surface area contributed by atoms with Crippen molar-refractivity contribution in [1.82, 2.24) is 9.78 Å². The maximum Gasteiger partial charge on any atom is 0.213 e. The van der Waals surface area contributed by atoms with E-state index in [1.54, 1.807) is 4.68 Å². The fourth-order valence-electron chi connectivity index (χ4n) is 1.85. The molecule has 0 unspecified atom stereocenters. The first-order valence-electron chi connectivity index (χ1n) is 6.22. The van der Waals surface area contributed by atoms with Crippen LogP contribution < -0.4 is 0 Å². The Labute approximate surface area is 98.5 Å². The van der Waals surface area contributed by atoms with Gasteiger partial charge in [0.05, 0.1) is 11.2 Å². The topological polar surface area (TPSA) is 38.0 Å². The fourth-order valence-corrected chi connectivity index (χ4v) is 1.85. The van der Waals surface area contributed by atoms with Crippen molar-refractivity contribution in [3.05, 3.63) is 11.3 Å². The van der Waals surface area contributed by atoms with Crippen molar-refractivity contribution >= 4 is 0 Å². The van der Waals surface area contributed by atoms with Gasteiger partial charge in [0, 0.05) is 5.56 Å². The molecule has 1 rings (SSSR count). The molecule has 92 valence electrons. The van der Waals surface area contributed by atoms with Crippen molar-refractivity contribution in [1.29, 1.82) is 0 Å². The molecule has 0 atom stereocenters. The Kier molecular flexibility index (Phi) is 4.00. The van der Waals surface area contributed by atoms with E-state index in [4.69, 9.17) is 0 Å². The number of hydrogen-bond donors (Lipinski definition) is 1. The van der Waals surface area contributed by atoms with Crippen LogP contribution in [0.3, 0.4) is 0 Å². The molecule has 1 aromatic rings. The van der Waals surface area contributed by atoms with Crippen molar-refractivity contribution < 1.29 is 5.11 Å². The van der Waals surface area contributed by atoms with Gasteiger partial charge in [0.2, 0.25) is 5.88 Å². The second-order valence-corrected chi connectivity index (χ2v) is 5.29. The second-order valence-electron chi connectivity index (χ2n) is 5.29. The average molecular weight is 224 g/mol. The van der Waals surface area contributed by atoms with E-state index in [0.717, 1.165) is 36.9 Å². The molecule has 16 heavy (non-hydrogen) atoms. The molecule has 0 radical (unpaired) electrons. The summed E-state index contributed by atoms with van der Waals surface area (Å²) in [4.78, 5) is 0. The lowest BCUT2D eigenvalue weighted by Gasteiger charge is -2.20. The largest absolute Gasteiger partial charge is 0.493 e. The van der Waals surface area contributed by atoms with Crippen LogP contribution in [0.5, 0.6) is 5.88 Å². The molecule has 0 fully saturated rings. The van der Waals surface area contributed by atoms with E-state index >= 15 is 0 Å². The third-order valence-corrected chi connectivity index (χ3v) is 2.79. The minimum absolute atomic E-state index is 0.154. The maximum absolute atomic E-state index is 10.2. The van der Waals surface area contributed by atoms with Crippen molar-refractivity contribution in [3.8, 4) is 5.88 Å². The molecular weight excluding hydrogens is 200 g/mol. The van der Waals surface area contributed by atoms with E-state index in [1.807, 2.05) is 0 Å². The number of unbranched alkanes of at least 4 members (excludes halogenated alkanes) is 1. The van der Waals surface area contributed by atoms with Crippen molar-refractivity contribution in [2.75, 3.05) is 0 Å². The molecular formula is C13H24N2O. The van der Waals surface area contributed by atoms with Gasteiger partial charge in [-0.25, -0.2) is 4.68 Å². The van der Waals surface area contributed by atoms with Gasteiger partial charge in [-0.2, -0.15) is 5.10 Å². The zero-order chi connectivity index (χ0) is 12.3. The zero-order valence-electron chi connectivity index (χ0n) is 11.2. The van der Waals surface area contributed by atoms with Crippen molar-refractivity contribution in [3.63, 3.8) is 0 Å². The molecule has 0 bridgehead atoms. The Bertz CT molecular complexity index is 348. The van der Waals surface area contributed by atoms with Gasteiger partial charge in [0.1, 0.15) is 0 Å². The number of nitrogens with zero attached hydrogens (tertiary/aromatic N) is 2. The van der Waals surface area contributed by atoms with Gasteiger partial charge in [-0.15, -0.1) is 0 Å². The highest BCUT2D eigenvalue weighted by Gasteiger charge is 2.23. The van der Waals surface area contributed by atoms with Gasteiger partial charge in [-0.1, -0.05) is 20.3 Å². The Morgan fingerprint density at radius 2 is 1.88 bits per heavy atom. The summed E-state index contributed by atoms with van der Waals surface area (Å²) in [5.74, 6) is 0.359. The maximum atomic E-state index is 10.2. The van der Waals surface area contributed by atoms with Gasteiger partial charge in [-0.05, 0) is 40.0 Å². The van der Waals surface area contributed by atoms with Crippen LogP contribution in [-0.4, -0.2) is 14.9 Å². The third kappa shape index (κ3) is 2.57. The van der Waals surface area contributed by atoms with Crippen LogP contribution in [0.25, 0.3) is 0 Å². The second kappa shape index (κ2) is 4.89. The smallest absolute Gasteiger partial charge is 0.213 e. The molecule has 0 aliphatic heterocycles. The molecule has 0 aromatic carbocycles. The number of aromatic hydroxyl groups is 1. The summed E-state index contributed by atoms with van der Waals surface area (Å²) in [6, 6.07) is 0. The SMILES string of the molecule is CCCCc1c(CC)nn(C(C)(C)C)c1O. The first-order valence-corrected chi connectivity index (χ1v) is 6.22. The third-order valence-electron chi connectivity index (χ3n) is 2.79. The molecule has 3 heteroatoms. The standard InChI is InChI=1S/C13H24N2O/c1-6-8-9-10-11(7-2)14-15(12(10)16)13(3,4)5/h16H,6-9H2,1-5H3. The summed E-state index contributed by atoms with van der Waals surface area (Å²) in [6.07, 6.45) is 4.07. The monoisotopic (exact) mass is 224 g/mol. The quantitative estimate of drug-likeness (QED) is 0.852. The van der Waals surface area contributed by atoms with Crippen LogP contribution in [0.2, 0.25) is 0 Å². The van der Waals surface area contributed by atoms with E-state index in [2.05, 4.69) is 39.7 Å². The van der Waals surface area contributed by atoms with Crippen LogP contribution in [-0.2, 0) is 18.4 Å². The molecule has 1 aromatic heterocycles. The van der Waals surface area contributed by atoms with E-state index in [9.17, 15) is 5.11 Å². The molecule has 3 nitrogen and oxygen atoms in total. The fraction of sp³-hybridized carbons (Fsp3) is 0.769. The van der Waals surface area contributed by atoms with E-state index in [-0.39, 0.29) is 5.54 Å². The first-order chi connectivity index (χ1) is 7.41. The molecule has 0 amide bonds. The predicted octanol–water partition coefficient (Wildman–Crippen LogP) is 3.25. The van der Waals surface area contributed by atoms with Crippen LogP contribution in [0, 0.1) is 0 Å². The lowest BCUT2D eigenvalue weighted by atomic mass is 10.1. The molecule has 0 aliphatic carbocycles. The minimum Gasteiger partial charge on any atom is -0.493 e. The number of aromatic nitrogens is 2. The van der Waals surface area contributed by atoms with Crippen LogP contribution >= 0.6 is 0 Å². The Morgan fingerprint density at radius 3 is 2.31 bits per heavy atom. The number of rotatable bonds is 4. The summed E-state index contributed by atoms with van der Waals surface area (Å²) < 4.78 is 1.75. The van der Waals surface area contributed by atoms with Crippen molar-refractivity contribution in [2.24, 2.45) is 0 Å². The highest BCUT2D eigenvalue weighted by atomic mass is 16.3. The summed E-state index contributed by atoms with van der Waals surface area (Å²) in [5.41, 5.74) is 1.93. The average Bonchev–Trinajstić information content (AvgIpc) is 2.51. The van der Waals surface area contributed by atoms with Crippen LogP contribution in [0.4, 0.5) is 0 Å². The van der Waals surface area contributed by atoms with Crippen LogP contribution in [0.1, 0.15) is 58.7 Å². The van der Waals surface area contributed by atoms with Crippen molar-refractivity contribution in [2.45, 2.75) is 65.8 Å². The molecule has 1 heterocycles. The Balaban J connectivity index is 3.11. The van der Waals surface area contributed by atoms with Gasteiger partial charge in [0.15, 0.2) is 0 Å². The molecule has 0 aliphatic rings. The first kappa shape index (κ1) is 13.1. The van der Waals surface area contributed by atoms with Gasteiger partial charge in [0.25, 0.3) is 0 Å². The van der Waals surface area contributed by atoms with E-state index in [0.29, 0.717) is 5.88 Å². The summed E-state index contributed by atoms with van der Waals surface area (Å²) in [5, 5.41) is 14.7. The Hall–Kier alpha value is -0.990. The number of aryl methyl sites for hydroxylation is 1. The lowest BCUT2D eigenvalue weighted by molar-refractivity contribution is 0.292. The number of hydrogen-bond acceptors (Lipinski definition) is 2. The minimum atomic E-state index is -0.154. The van der Waals surface area contributed by atoms with Gasteiger partial charge in [-0.3, -0.25) is 0 Å². The molecule has 1 N–H and O–H groups in total. The zero-order valence-corrected chi connectivity index (χ0v) is 11.2. The van der Waals surface area contributed by atoms with Crippen LogP contribution in [0.15, 0.2) is 0 Å².